The highest BCUT2D eigenvalue weighted by atomic mass is 32.2. The first-order valence-corrected chi connectivity index (χ1v) is 12.7. The van der Waals surface area contributed by atoms with Crippen LogP contribution in [0.3, 0.4) is 0 Å². The molecule has 10 nitrogen and oxygen atoms in total. The molecule has 0 aliphatic rings. The van der Waals surface area contributed by atoms with Gasteiger partial charge in [0.15, 0.2) is 0 Å². The number of hydrogen-bond donors (Lipinski definition) is 6. The Morgan fingerprint density at radius 1 is 0.941 bits per heavy atom. The maximum absolute atomic E-state index is 13.1. The molecule has 0 aliphatic carbocycles. The van der Waals surface area contributed by atoms with E-state index in [4.69, 9.17) is 16.6 Å². The number of hydrogen-bond acceptors (Lipinski definition) is 7. The highest BCUT2D eigenvalue weighted by Gasteiger charge is 2.29. The molecule has 0 radical (unpaired) electrons. The molecule has 0 bridgehead atoms. The fraction of sp³-hybridized carbons (Fsp3) is 0.565. The number of nitrogens with one attached hydrogen (secondary N) is 3. The maximum Gasteiger partial charge on any atom is 0.325 e. The van der Waals surface area contributed by atoms with Crippen molar-refractivity contribution in [3.8, 4) is 0 Å². The number of rotatable bonds is 16. The molecule has 1 aromatic rings. The topological polar surface area (TPSA) is 177 Å². The molecule has 3 amide bonds. The average Bonchev–Trinajstić information content (AvgIpc) is 2.81. The Hall–Kier alpha value is -2.63. The molecule has 34 heavy (non-hydrogen) atoms. The standard InChI is InChI=1S/C23H37N5O5S/c1-15(23(32)33)26-22(31)19(14-16-8-4-3-5-9-16)28-21(30)18(11-13-34-2)27-20(29)17(25)10-6-7-12-24/h3-5,8-9,15,17-19H,6-7,10-14,24-25H2,1-2H3,(H,26,31)(H,27,29)(H,28,30)(H,32,33). The maximum atomic E-state index is 13.1. The number of aliphatic carboxylic acids is 1. The van der Waals surface area contributed by atoms with E-state index < -0.39 is 47.9 Å². The lowest BCUT2D eigenvalue weighted by molar-refractivity contribution is -0.141. The van der Waals surface area contributed by atoms with Gasteiger partial charge in [-0.25, -0.2) is 0 Å². The van der Waals surface area contributed by atoms with Crippen molar-refractivity contribution in [3.63, 3.8) is 0 Å². The SMILES string of the molecule is CSCCC(NC(=O)C(N)CCCCN)C(=O)NC(Cc1ccccc1)C(=O)NC(C)C(=O)O. The van der Waals surface area contributed by atoms with E-state index in [0.29, 0.717) is 31.6 Å². The summed E-state index contributed by atoms with van der Waals surface area (Å²) in [5, 5.41) is 16.9. The number of carbonyl (C=O) groups excluding carboxylic acids is 3. The van der Waals surface area contributed by atoms with Crippen LogP contribution in [0.5, 0.6) is 0 Å². The fourth-order valence-electron chi connectivity index (χ4n) is 3.13. The number of nitrogens with two attached hydrogens (primary N) is 2. The van der Waals surface area contributed by atoms with Gasteiger partial charge in [-0.15, -0.1) is 0 Å². The molecule has 0 heterocycles. The number of benzene rings is 1. The molecular formula is C23H37N5O5S. The predicted octanol–water partition coefficient (Wildman–Crippen LogP) is -0.00260. The number of carboxylic acid groups (broad SMARTS) is 1. The predicted molar refractivity (Wildman–Crippen MR) is 133 cm³/mol. The minimum atomic E-state index is -1.19. The average molecular weight is 496 g/mol. The second kappa shape index (κ2) is 16.1. The van der Waals surface area contributed by atoms with Gasteiger partial charge in [-0.2, -0.15) is 11.8 Å². The third-order valence-corrected chi connectivity index (χ3v) is 5.84. The number of thioether (sulfide) groups is 1. The van der Waals surface area contributed by atoms with Crippen molar-refractivity contribution in [1.29, 1.82) is 0 Å². The Labute approximate surface area is 205 Å². The van der Waals surface area contributed by atoms with Crippen molar-refractivity contribution in [3.05, 3.63) is 35.9 Å². The van der Waals surface area contributed by atoms with E-state index in [0.717, 1.165) is 12.0 Å². The van der Waals surface area contributed by atoms with Crippen molar-refractivity contribution < 1.29 is 24.3 Å². The molecule has 0 spiro atoms. The Morgan fingerprint density at radius 2 is 1.56 bits per heavy atom. The summed E-state index contributed by atoms with van der Waals surface area (Å²) in [5.74, 6) is -2.18. The molecule has 0 saturated heterocycles. The molecule has 4 atom stereocenters. The number of carboxylic acids is 1. The van der Waals surface area contributed by atoms with Gasteiger partial charge in [0.25, 0.3) is 0 Å². The monoisotopic (exact) mass is 495 g/mol. The van der Waals surface area contributed by atoms with Crippen molar-refractivity contribution in [2.45, 2.75) is 63.2 Å². The smallest absolute Gasteiger partial charge is 0.325 e. The number of amides is 3. The highest BCUT2D eigenvalue weighted by Crippen LogP contribution is 2.07. The van der Waals surface area contributed by atoms with Gasteiger partial charge < -0.3 is 32.5 Å². The summed E-state index contributed by atoms with van der Waals surface area (Å²) in [6.07, 6.45) is 4.29. The summed E-state index contributed by atoms with van der Waals surface area (Å²) in [4.78, 5) is 49.6. The highest BCUT2D eigenvalue weighted by molar-refractivity contribution is 7.98. The van der Waals surface area contributed by atoms with E-state index in [1.165, 1.54) is 18.7 Å². The minimum absolute atomic E-state index is 0.159. The normalized spacial score (nSPS) is 14.4. The van der Waals surface area contributed by atoms with E-state index in [1.807, 2.05) is 12.3 Å². The summed E-state index contributed by atoms with van der Waals surface area (Å²) in [6, 6.07) is 5.25. The minimum Gasteiger partial charge on any atom is -0.480 e. The lowest BCUT2D eigenvalue weighted by atomic mass is 10.0. The van der Waals surface area contributed by atoms with Gasteiger partial charge in [-0.3, -0.25) is 19.2 Å². The second-order valence-electron chi connectivity index (χ2n) is 8.05. The molecule has 0 aliphatic heterocycles. The summed E-state index contributed by atoms with van der Waals surface area (Å²) < 4.78 is 0. The first-order valence-electron chi connectivity index (χ1n) is 11.3. The zero-order valence-corrected chi connectivity index (χ0v) is 20.6. The van der Waals surface area contributed by atoms with Crippen LogP contribution in [0.15, 0.2) is 30.3 Å². The van der Waals surface area contributed by atoms with E-state index in [-0.39, 0.29) is 6.42 Å². The van der Waals surface area contributed by atoms with Gasteiger partial charge in [0.2, 0.25) is 17.7 Å². The molecule has 4 unspecified atom stereocenters. The third kappa shape index (κ3) is 11.0. The lowest BCUT2D eigenvalue weighted by Crippen LogP contribution is -2.57. The number of unbranched alkanes of at least 4 members (excludes halogenated alkanes) is 1. The van der Waals surface area contributed by atoms with Crippen LogP contribution in [-0.2, 0) is 25.6 Å². The van der Waals surface area contributed by atoms with Gasteiger partial charge in [0.05, 0.1) is 6.04 Å². The van der Waals surface area contributed by atoms with Crippen molar-refractivity contribution in [2.75, 3.05) is 18.6 Å². The molecule has 0 aromatic heterocycles. The summed E-state index contributed by atoms with van der Waals surface area (Å²) in [6.45, 7) is 1.85. The molecular weight excluding hydrogens is 458 g/mol. The summed E-state index contributed by atoms with van der Waals surface area (Å²) >= 11 is 1.52. The largest absolute Gasteiger partial charge is 0.480 e. The molecule has 0 fully saturated rings. The van der Waals surface area contributed by atoms with Crippen LogP contribution in [0, 0.1) is 0 Å². The zero-order chi connectivity index (χ0) is 25.5. The first kappa shape index (κ1) is 29.4. The van der Waals surface area contributed by atoms with Crippen LogP contribution >= 0.6 is 11.8 Å². The molecule has 11 heteroatoms. The molecule has 190 valence electrons. The van der Waals surface area contributed by atoms with Gasteiger partial charge in [0, 0.05) is 6.42 Å². The summed E-state index contributed by atoms with van der Waals surface area (Å²) in [7, 11) is 0. The number of carbonyl (C=O) groups is 4. The second-order valence-corrected chi connectivity index (χ2v) is 9.04. The Kier molecular flexibility index (Phi) is 13.9. The van der Waals surface area contributed by atoms with Gasteiger partial charge in [0.1, 0.15) is 18.1 Å². The van der Waals surface area contributed by atoms with Crippen molar-refractivity contribution in [2.24, 2.45) is 11.5 Å². The van der Waals surface area contributed by atoms with E-state index in [2.05, 4.69) is 16.0 Å². The van der Waals surface area contributed by atoms with Crippen LogP contribution in [0.25, 0.3) is 0 Å². The van der Waals surface area contributed by atoms with E-state index >= 15 is 0 Å². The Bertz CT molecular complexity index is 795. The quantitative estimate of drug-likeness (QED) is 0.174. The first-order chi connectivity index (χ1) is 16.2. The third-order valence-electron chi connectivity index (χ3n) is 5.19. The molecule has 8 N–H and O–H groups in total. The molecule has 1 aromatic carbocycles. The van der Waals surface area contributed by atoms with Crippen LogP contribution < -0.4 is 27.4 Å². The zero-order valence-electron chi connectivity index (χ0n) is 19.8. The van der Waals surface area contributed by atoms with Crippen molar-refractivity contribution >= 4 is 35.5 Å². The van der Waals surface area contributed by atoms with Crippen LogP contribution in [0.4, 0.5) is 0 Å². The summed E-state index contributed by atoms with van der Waals surface area (Å²) in [5.41, 5.74) is 12.2. The van der Waals surface area contributed by atoms with Crippen LogP contribution in [-0.4, -0.2) is 71.5 Å². The lowest BCUT2D eigenvalue weighted by Gasteiger charge is -2.25. The van der Waals surface area contributed by atoms with Gasteiger partial charge >= 0.3 is 5.97 Å². The van der Waals surface area contributed by atoms with E-state index in [1.54, 1.807) is 24.3 Å². The molecule has 0 saturated carbocycles. The van der Waals surface area contributed by atoms with Gasteiger partial charge in [-0.1, -0.05) is 36.8 Å². The fourth-order valence-corrected chi connectivity index (χ4v) is 3.60. The van der Waals surface area contributed by atoms with E-state index in [9.17, 15) is 19.2 Å². The Balaban J connectivity index is 2.95. The molecule has 1 rings (SSSR count). The van der Waals surface area contributed by atoms with Crippen LogP contribution in [0.1, 0.15) is 38.2 Å². The Morgan fingerprint density at radius 3 is 2.15 bits per heavy atom. The van der Waals surface area contributed by atoms with Crippen LogP contribution in [0.2, 0.25) is 0 Å². The van der Waals surface area contributed by atoms with Gasteiger partial charge in [-0.05, 0) is 50.3 Å². The van der Waals surface area contributed by atoms with Crippen molar-refractivity contribution in [1.82, 2.24) is 16.0 Å².